The van der Waals surface area contributed by atoms with Gasteiger partial charge in [0.25, 0.3) is 28.7 Å². The molecule has 0 spiro atoms. The van der Waals surface area contributed by atoms with Crippen LogP contribution < -0.4 is 27.7 Å². The van der Waals surface area contributed by atoms with Crippen LogP contribution in [0.15, 0.2) is 140 Å². The van der Waals surface area contributed by atoms with Crippen LogP contribution in [0.4, 0.5) is 22.7 Å². The number of nitrogens with two attached hydrogens (primary N) is 4. The lowest BCUT2D eigenvalue weighted by atomic mass is 9.82. The second-order valence-corrected chi connectivity index (χ2v) is 28.4. The van der Waals surface area contributed by atoms with E-state index in [9.17, 15) is 64.8 Å². The van der Waals surface area contributed by atoms with Gasteiger partial charge in [-0.25, -0.2) is 0 Å². The highest BCUT2D eigenvalue weighted by molar-refractivity contribution is 5.93. The van der Waals surface area contributed by atoms with E-state index in [1.165, 1.54) is 42.7 Å². The largest absolute Gasteiger partial charge is 0.366 e. The number of amides is 4. The number of nitro groups is 4. The van der Waals surface area contributed by atoms with E-state index in [0.29, 0.717) is 22.6 Å². The van der Waals surface area contributed by atoms with E-state index in [1.807, 2.05) is 95.2 Å². The first-order chi connectivity index (χ1) is 40.9. The zero-order chi connectivity index (χ0) is 71.8. The SMILES string of the molecule is C=C(/C=C/C(N)=O)C(C)(C)C.CC(/C=C/C(N)=O)C(C)(C)C.CC(C)(C)c1cc(C(N)=O)c[n+](O)c1.CC(C)(C)c1cc([N+](=O)[O-])cc([N+](=O)[O-])c1.CC(C)(C)c1ccc([N+](=O)[O-])cc1.CC(C)(C)c1cccc([N+](=O)[O-])c1.CC(C)(C)c1cncc(C(N)=O)c1. The normalized spacial score (nSPS) is 11.8. The van der Waals surface area contributed by atoms with Gasteiger partial charge in [0.2, 0.25) is 30.1 Å². The van der Waals surface area contributed by atoms with Crippen molar-refractivity contribution in [2.75, 3.05) is 0 Å². The molecule has 5 aromatic rings. The fraction of sp³-hybridized carbons (Fsp3) is 0.441. The number of rotatable bonds is 10. The number of nitro benzene ring substituents is 4. The molecule has 0 saturated heterocycles. The second kappa shape index (κ2) is 35.0. The van der Waals surface area contributed by atoms with Crippen molar-refractivity contribution >= 4 is 46.4 Å². The molecular formula is C68H99N10O13+. The van der Waals surface area contributed by atoms with Crippen molar-refractivity contribution in [2.45, 2.75) is 179 Å². The van der Waals surface area contributed by atoms with E-state index in [4.69, 9.17) is 22.9 Å². The van der Waals surface area contributed by atoms with Gasteiger partial charge < -0.3 is 22.9 Å². The zero-order valence-electron chi connectivity index (χ0n) is 57.2. The third kappa shape index (κ3) is 34.1. The average Bonchev–Trinajstić information content (AvgIpc) is 1.05. The molecular weight excluding hydrogens is 1160 g/mol. The van der Waals surface area contributed by atoms with E-state index >= 15 is 0 Å². The lowest BCUT2D eigenvalue weighted by Crippen LogP contribution is -2.34. The highest BCUT2D eigenvalue weighted by atomic mass is 16.6. The molecule has 5 rings (SSSR count). The summed E-state index contributed by atoms with van der Waals surface area (Å²) in [6, 6.07) is 20.6. The molecule has 1 unspecified atom stereocenters. The van der Waals surface area contributed by atoms with E-state index in [-0.39, 0.29) is 76.4 Å². The van der Waals surface area contributed by atoms with Crippen molar-refractivity contribution in [2.24, 2.45) is 39.7 Å². The van der Waals surface area contributed by atoms with Crippen LogP contribution in [0.5, 0.6) is 0 Å². The summed E-state index contributed by atoms with van der Waals surface area (Å²) < 4.78 is 0.862. The summed E-state index contributed by atoms with van der Waals surface area (Å²) in [4.78, 5) is 86.6. The highest BCUT2D eigenvalue weighted by Crippen LogP contribution is 2.32. The molecule has 0 fully saturated rings. The molecule has 0 aliphatic heterocycles. The molecule has 23 nitrogen and oxygen atoms in total. The zero-order valence-corrected chi connectivity index (χ0v) is 57.2. The van der Waals surface area contributed by atoms with Crippen LogP contribution in [0.1, 0.15) is 201 Å². The van der Waals surface area contributed by atoms with Crippen LogP contribution in [-0.4, -0.2) is 53.5 Å². The van der Waals surface area contributed by atoms with Crippen LogP contribution >= 0.6 is 0 Å². The number of allylic oxidation sites excluding steroid dienone is 3. The Bertz CT molecular complexity index is 3280. The van der Waals surface area contributed by atoms with Gasteiger partial charge in [0, 0.05) is 65.2 Å². The van der Waals surface area contributed by atoms with Crippen LogP contribution in [0.2, 0.25) is 0 Å². The molecule has 3 aromatic carbocycles. The number of nitrogens with zero attached hydrogens (tertiary/aromatic N) is 6. The Kier molecular flexibility index (Phi) is 32.1. The van der Waals surface area contributed by atoms with Crippen molar-refractivity contribution in [1.29, 1.82) is 0 Å². The van der Waals surface area contributed by atoms with Gasteiger partial charge in [-0.05, 0) is 89.9 Å². The number of hydrogen-bond donors (Lipinski definition) is 5. The minimum atomic E-state index is -0.623. The molecule has 0 aliphatic carbocycles. The molecule has 0 aliphatic rings. The fourth-order valence-corrected chi connectivity index (χ4v) is 6.46. The van der Waals surface area contributed by atoms with Crippen LogP contribution in [0.25, 0.3) is 0 Å². The van der Waals surface area contributed by atoms with Gasteiger partial charge in [0.1, 0.15) is 5.56 Å². The van der Waals surface area contributed by atoms with Gasteiger partial charge in [-0.15, -0.1) is 0 Å². The minimum absolute atomic E-state index is 0.00153. The average molecular weight is 1260 g/mol. The fourth-order valence-electron chi connectivity index (χ4n) is 6.46. The van der Waals surface area contributed by atoms with Gasteiger partial charge in [0.15, 0.2) is 0 Å². The van der Waals surface area contributed by atoms with E-state index in [0.717, 1.165) is 38.6 Å². The van der Waals surface area contributed by atoms with Gasteiger partial charge >= 0.3 is 0 Å². The number of hydrogen-bond acceptors (Lipinski definition) is 14. The molecule has 1 atom stereocenters. The monoisotopic (exact) mass is 1260 g/mol. The number of carbonyl (C=O) groups is 4. The predicted octanol–water partition coefficient (Wildman–Crippen LogP) is 14.0. The third-order valence-electron chi connectivity index (χ3n) is 13.3. The molecule has 498 valence electrons. The lowest BCUT2D eigenvalue weighted by molar-refractivity contribution is -0.905. The molecule has 9 N–H and O–H groups in total. The number of benzene rings is 3. The Labute approximate surface area is 536 Å². The van der Waals surface area contributed by atoms with Crippen LogP contribution in [0, 0.1) is 57.2 Å². The Morgan fingerprint density at radius 2 is 0.868 bits per heavy atom. The topological polar surface area (TPSA) is 382 Å². The first-order valence-electron chi connectivity index (χ1n) is 28.8. The lowest BCUT2D eigenvalue weighted by Gasteiger charge is -2.23. The summed E-state index contributed by atoms with van der Waals surface area (Å²) in [5.74, 6) is -1.41. The summed E-state index contributed by atoms with van der Waals surface area (Å²) in [6.07, 6.45) is 12.3. The summed E-state index contributed by atoms with van der Waals surface area (Å²) in [5.41, 5.74) is 25.9. The molecule has 0 radical (unpaired) electrons. The Morgan fingerprint density at radius 3 is 1.22 bits per heavy atom. The molecule has 0 saturated carbocycles. The van der Waals surface area contributed by atoms with Gasteiger partial charge in [-0.3, -0.25) is 69.8 Å². The Morgan fingerprint density at radius 1 is 0.473 bits per heavy atom. The highest BCUT2D eigenvalue weighted by Gasteiger charge is 2.25. The predicted molar refractivity (Wildman–Crippen MR) is 358 cm³/mol. The van der Waals surface area contributed by atoms with Crippen molar-refractivity contribution in [3.05, 3.63) is 220 Å². The van der Waals surface area contributed by atoms with E-state index in [1.54, 1.807) is 67.0 Å². The van der Waals surface area contributed by atoms with Crippen molar-refractivity contribution in [3.8, 4) is 0 Å². The first kappa shape index (κ1) is 83.5. The van der Waals surface area contributed by atoms with Gasteiger partial charge in [0.05, 0.1) is 31.3 Å². The van der Waals surface area contributed by atoms with Crippen LogP contribution in [0.3, 0.4) is 0 Å². The third-order valence-corrected chi connectivity index (χ3v) is 13.3. The van der Waals surface area contributed by atoms with Crippen molar-refractivity contribution in [1.82, 2.24) is 4.98 Å². The molecule has 23 heteroatoms. The quantitative estimate of drug-likeness (QED) is 0.0217. The van der Waals surface area contributed by atoms with Crippen molar-refractivity contribution in [3.63, 3.8) is 0 Å². The molecule has 0 bridgehead atoms. The second-order valence-electron chi connectivity index (χ2n) is 28.4. The number of aromatic nitrogens is 2. The standard InChI is InChI=1S/C10H12N2O4.C10H14N2O2.C10H14N2O.2C10H13NO2.C9H17NO.C9H15NO/c1-10(2,3)7-4-8(11(13)14)6-9(5-7)12(15)16;1-10(2,3)8-4-7(9(11)13)5-12(14)6-8;1-10(2,3)8-4-7(9(11)13)5-12-6-8;1-10(2,3)8-4-6-9(7-5-8)11(12)13;1-10(2,3)8-5-4-6-9(7-8)11(12)13;2*1-7(9(2,3)4)5-6-8(10)11/h4-6H,1-3H3;4-6H,1-3H3,(H2-,11,13,14);4-6H,1-3H3,(H2,11,13);2*4-7H,1-3H3;5-7H,1-4H3,(H2,10,11);5-6H,1H2,2-4H3,(H2,10,11)/p+1/b;;;;;2*6-5+. The Hall–Kier alpha value is -9.54. The smallest absolute Gasteiger partial charge is 0.276 e. The molecule has 4 amide bonds. The number of non-ortho nitro benzene ring substituents is 4. The summed E-state index contributed by atoms with van der Waals surface area (Å²) in [5, 5.41) is 51.4. The maximum Gasteiger partial charge on any atom is 0.276 e. The first-order valence-corrected chi connectivity index (χ1v) is 28.8. The summed E-state index contributed by atoms with van der Waals surface area (Å²) in [6.45, 7) is 48.4. The maximum absolute atomic E-state index is 10.9. The van der Waals surface area contributed by atoms with Gasteiger partial charge in [-0.1, -0.05) is 195 Å². The minimum Gasteiger partial charge on any atom is -0.366 e. The number of primary amides is 4. The molecule has 2 heterocycles. The Balaban J connectivity index is 0. The molecule has 91 heavy (non-hydrogen) atoms. The van der Waals surface area contributed by atoms with Crippen LogP contribution in [-0.2, 0) is 36.7 Å². The van der Waals surface area contributed by atoms with E-state index in [2.05, 4.69) is 80.8 Å². The van der Waals surface area contributed by atoms with Crippen molar-refractivity contribution < 1.29 is 48.8 Å². The molecule has 2 aromatic heterocycles. The maximum atomic E-state index is 10.9. The van der Waals surface area contributed by atoms with E-state index < -0.39 is 27.6 Å². The number of carbonyl (C=O) groups excluding carboxylic acids is 4. The van der Waals surface area contributed by atoms with Gasteiger partial charge in [-0.2, -0.15) is 0 Å². The summed E-state index contributed by atoms with van der Waals surface area (Å²) >= 11 is 0. The number of pyridine rings is 2. The summed E-state index contributed by atoms with van der Waals surface area (Å²) in [7, 11) is 0.